The molecule has 0 unspecified atom stereocenters. The largest absolute Gasteiger partial charge is 0.497 e. The molecule has 0 aliphatic rings. The van der Waals surface area contributed by atoms with E-state index in [1.807, 2.05) is 45.9 Å². The number of hydrogen-bond acceptors (Lipinski definition) is 5. The summed E-state index contributed by atoms with van der Waals surface area (Å²) < 4.78 is 34.3. The number of ether oxygens (including phenoxy) is 1. The summed E-state index contributed by atoms with van der Waals surface area (Å²) in [5, 5.41) is 2.94. The summed E-state index contributed by atoms with van der Waals surface area (Å²) in [5.41, 5.74) is 2.86. The van der Waals surface area contributed by atoms with Crippen LogP contribution in [0.15, 0.2) is 77.7 Å². The predicted molar refractivity (Wildman–Crippen MR) is 158 cm³/mol. The molecule has 3 aromatic carbocycles. The Labute approximate surface area is 238 Å². The Kier molecular flexibility index (Phi) is 10.3. The van der Waals surface area contributed by atoms with Crippen LogP contribution in [0.5, 0.6) is 5.75 Å². The molecule has 0 spiro atoms. The van der Waals surface area contributed by atoms with Crippen molar-refractivity contribution in [3.8, 4) is 5.75 Å². The smallest absolute Gasteiger partial charge is 0.264 e. The third-order valence-corrected chi connectivity index (χ3v) is 8.55. The molecule has 9 heteroatoms. The molecular weight excluding hydrogens is 526 g/mol. The molecule has 0 heterocycles. The minimum absolute atomic E-state index is 0.0730. The van der Waals surface area contributed by atoms with Crippen LogP contribution < -0.4 is 14.4 Å². The highest BCUT2D eigenvalue weighted by Crippen LogP contribution is 2.27. The molecule has 3 aromatic rings. The Balaban J connectivity index is 2.05. The molecule has 0 aliphatic heterocycles. The summed E-state index contributed by atoms with van der Waals surface area (Å²) in [6, 6.07) is 19.8. The lowest BCUT2D eigenvalue weighted by molar-refractivity contribution is -0.139. The van der Waals surface area contributed by atoms with E-state index in [2.05, 4.69) is 5.32 Å². The predicted octanol–water partition coefficient (Wildman–Crippen LogP) is 4.84. The number of sulfonamides is 1. The van der Waals surface area contributed by atoms with Crippen LogP contribution in [-0.2, 0) is 26.2 Å². The molecule has 214 valence electrons. The average Bonchev–Trinajstić information content (AvgIpc) is 2.93. The number of carbonyl (C=O) groups excluding carboxylic acids is 2. The third kappa shape index (κ3) is 7.63. The summed E-state index contributed by atoms with van der Waals surface area (Å²) >= 11 is 0. The van der Waals surface area contributed by atoms with E-state index < -0.39 is 28.5 Å². The second kappa shape index (κ2) is 13.5. The zero-order valence-electron chi connectivity index (χ0n) is 24.0. The number of carbonyl (C=O) groups is 2. The van der Waals surface area contributed by atoms with E-state index in [4.69, 9.17) is 4.74 Å². The quantitative estimate of drug-likeness (QED) is 0.339. The summed E-state index contributed by atoms with van der Waals surface area (Å²) in [6.07, 6.45) is 0.734. The number of anilines is 1. The maximum atomic E-state index is 14.0. The average molecular weight is 566 g/mol. The standard InChI is InChI=1S/C31H39N3O5S/c1-7-24(4)32-31(36)25(5)33(20-26-12-11-13-28(19-26)39-6)30(35)21-34(27-17-22(2)16-23(3)18-27)40(37,38)29-14-9-8-10-15-29/h8-19,24-25H,7,20-21H2,1-6H3,(H,32,36)/t24-,25-/m0/s1. The molecule has 0 aromatic heterocycles. The van der Waals surface area contributed by atoms with Crippen LogP contribution in [0.4, 0.5) is 5.69 Å². The van der Waals surface area contributed by atoms with Crippen molar-refractivity contribution in [2.75, 3.05) is 18.0 Å². The van der Waals surface area contributed by atoms with Gasteiger partial charge >= 0.3 is 0 Å². The fourth-order valence-electron chi connectivity index (χ4n) is 4.36. The molecular formula is C31H39N3O5S. The van der Waals surface area contributed by atoms with Crippen molar-refractivity contribution in [1.29, 1.82) is 0 Å². The Bertz CT molecular complexity index is 1410. The molecule has 0 saturated carbocycles. The second-order valence-corrected chi connectivity index (χ2v) is 11.9. The van der Waals surface area contributed by atoms with Crippen LogP contribution in [0.2, 0.25) is 0 Å². The van der Waals surface area contributed by atoms with Crippen LogP contribution in [0.25, 0.3) is 0 Å². The van der Waals surface area contributed by atoms with Gasteiger partial charge in [-0.2, -0.15) is 0 Å². The van der Waals surface area contributed by atoms with Crippen LogP contribution in [-0.4, -0.2) is 50.9 Å². The number of rotatable bonds is 12. The first-order valence-corrected chi connectivity index (χ1v) is 14.8. The van der Waals surface area contributed by atoms with Gasteiger partial charge in [0, 0.05) is 12.6 Å². The van der Waals surface area contributed by atoms with Crippen molar-refractivity contribution >= 4 is 27.5 Å². The van der Waals surface area contributed by atoms with E-state index in [1.54, 1.807) is 56.5 Å². The van der Waals surface area contributed by atoms with Gasteiger partial charge in [-0.05, 0) is 87.2 Å². The Hall–Kier alpha value is -3.85. The fraction of sp³-hybridized carbons (Fsp3) is 0.355. The molecule has 3 rings (SSSR count). The summed E-state index contributed by atoms with van der Waals surface area (Å²) in [6.45, 7) is 8.88. The van der Waals surface area contributed by atoms with Gasteiger partial charge < -0.3 is 15.0 Å². The number of benzene rings is 3. The summed E-state index contributed by atoms with van der Waals surface area (Å²) in [5.74, 6) is -0.201. The van der Waals surface area contributed by atoms with Gasteiger partial charge in [-0.25, -0.2) is 8.42 Å². The zero-order valence-corrected chi connectivity index (χ0v) is 24.9. The third-order valence-electron chi connectivity index (χ3n) is 6.76. The lowest BCUT2D eigenvalue weighted by Gasteiger charge is -2.32. The molecule has 1 N–H and O–H groups in total. The maximum absolute atomic E-state index is 14.0. The molecule has 0 radical (unpaired) electrons. The van der Waals surface area contributed by atoms with E-state index in [9.17, 15) is 18.0 Å². The maximum Gasteiger partial charge on any atom is 0.264 e. The van der Waals surface area contributed by atoms with Gasteiger partial charge in [0.05, 0.1) is 17.7 Å². The topological polar surface area (TPSA) is 96.0 Å². The minimum Gasteiger partial charge on any atom is -0.497 e. The SMILES string of the molecule is CC[C@H](C)NC(=O)[C@H](C)N(Cc1cccc(OC)c1)C(=O)CN(c1cc(C)cc(C)c1)S(=O)(=O)c1ccccc1. The van der Waals surface area contributed by atoms with Gasteiger partial charge in [0.2, 0.25) is 11.8 Å². The van der Waals surface area contributed by atoms with Crippen LogP contribution >= 0.6 is 0 Å². The van der Waals surface area contributed by atoms with E-state index >= 15 is 0 Å². The number of hydrogen-bond donors (Lipinski definition) is 1. The lowest BCUT2D eigenvalue weighted by Crippen LogP contribution is -2.52. The lowest BCUT2D eigenvalue weighted by atomic mass is 10.1. The highest BCUT2D eigenvalue weighted by Gasteiger charge is 2.33. The molecule has 0 saturated heterocycles. The number of nitrogens with zero attached hydrogens (tertiary/aromatic N) is 2. The number of nitrogens with one attached hydrogen (secondary N) is 1. The monoisotopic (exact) mass is 565 g/mol. The van der Waals surface area contributed by atoms with Gasteiger partial charge in [0.1, 0.15) is 18.3 Å². The van der Waals surface area contributed by atoms with Gasteiger partial charge in [-0.15, -0.1) is 0 Å². The normalized spacial score (nSPS) is 12.8. The molecule has 2 amide bonds. The molecule has 8 nitrogen and oxygen atoms in total. The van der Waals surface area contributed by atoms with Crippen molar-refractivity contribution in [3.63, 3.8) is 0 Å². The molecule has 0 aliphatic carbocycles. The van der Waals surface area contributed by atoms with Crippen LogP contribution in [0.1, 0.15) is 43.9 Å². The Morgan fingerprint density at radius 3 is 2.17 bits per heavy atom. The minimum atomic E-state index is -4.10. The summed E-state index contributed by atoms with van der Waals surface area (Å²) in [4.78, 5) is 28.7. The van der Waals surface area contributed by atoms with Gasteiger partial charge in [-0.1, -0.05) is 43.3 Å². The first-order valence-electron chi connectivity index (χ1n) is 13.3. The second-order valence-electron chi connectivity index (χ2n) is 10.0. The van der Waals surface area contributed by atoms with Gasteiger partial charge in [0.15, 0.2) is 0 Å². The van der Waals surface area contributed by atoms with Crippen molar-refractivity contribution in [3.05, 3.63) is 89.5 Å². The highest BCUT2D eigenvalue weighted by molar-refractivity contribution is 7.92. The molecule has 2 atom stereocenters. The number of amides is 2. The number of aryl methyl sites for hydroxylation is 2. The number of methoxy groups -OCH3 is 1. The highest BCUT2D eigenvalue weighted by atomic mass is 32.2. The Morgan fingerprint density at radius 2 is 1.57 bits per heavy atom. The molecule has 0 bridgehead atoms. The van der Waals surface area contributed by atoms with Crippen molar-refractivity contribution in [2.45, 2.75) is 64.6 Å². The van der Waals surface area contributed by atoms with Crippen molar-refractivity contribution in [1.82, 2.24) is 10.2 Å². The zero-order chi connectivity index (χ0) is 29.4. The molecule has 0 fully saturated rings. The van der Waals surface area contributed by atoms with Crippen molar-refractivity contribution in [2.24, 2.45) is 0 Å². The van der Waals surface area contributed by atoms with Crippen LogP contribution in [0.3, 0.4) is 0 Å². The van der Waals surface area contributed by atoms with Crippen molar-refractivity contribution < 1.29 is 22.7 Å². The van der Waals surface area contributed by atoms with Crippen LogP contribution in [0, 0.1) is 13.8 Å². The van der Waals surface area contributed by atoms with Gasteiger partial charge in [-0.3, -0.25) is 13.9 Å². The first kappa shape index (κ1) is 30.7. The molecule has 40 heavy (non-hydrogen) atoms. The van der Waals surface area contributed by atoms with Gasteiger partial charge in [0.25, 0.3) is 10.0 Å². The van der Waals surface area contributed by atoms with E-state index in [1.165, 1.54) is 17.0 Å². The first-order chi connectivity index (χ1) is 19.0. The fourth-order valence-corrected chi connectivity index (χ4v) is 5.78. The van der Waals surface area contributed by atoms with E-state index in [0.29, 0.717) is 11.4 Å². The van der Waals surface area contributed by atoms with E-state index in [-0.39, 0.29) is 23.4 Å². The summed E-state index contributed by atoms with van der Waals surface area (Å²) in [7, 11) is -2.55. The van der Waals surface area contributed by atoms with E-state index in [0.717, 1.165) is 27.4 Å². The Morgan fingerprint density at radius 1 is 0.925 bits per heavy atom.